The van der Waals surface area contributed by atoms with Gasteiger partial charge in [-0.05, 0) is 12.3 Å². The number of rotatable bonds is 3. The lowest BCUT2D eigenvalue weighted by atomic mass is 10.0. The van der Waals surface area contributed by atoms with Gasteiger partial charge in [0.1, 0.15) is 0 Å². The highest BCUT2D eigenvalue weighted by atomic mass is 16.4. The zero-order chi connectivity index (χ0) is 9.02. The third-order valence-electron chi connectivity index (χ3n) is 1.58. The molecule has 11 heavy (non-hydrogen) atoms. The highest BCUT2D eigenvalue weighted by Crippen LogP contribution is 2.11. The second-order valence-electron chi connectivity index (χ2n) is 2.75. The van der Waals surface area contributed by atoms with Gasteiger partial charge in [-0.25, -0.2) is 4.79 Å². The number of hydrogen-bond donors (Lipinski definition) is 2. The third kappa shape index (κ3) is 2.62. The molecular weight excluding hydrogens is 142 g/mol. The van der Waals surface area contributed by atoms with Gasteiger partial charge in [0, 0.05) is 5.70 Å². The van der Waals surface area contributed by atoms with Gasteiger partial charge < -0.3 is 10.8 Å². The fourth-order valence-electron chi connectivity index (χ4n) is 0.827. The van der Waals surface area contributed by atoms with E-state index >= 15 is 0 Å². The Hall–Kier alpha value is -0.990. The summed E-state index contributed by atoms with van der Waals surface area (Å²) in [6.07, 6.45) is 0.485. The monoisotopic (exact) mass is 157 g/mol. The van der Waals surface area contributed by atoms with E-state index in [1.165, 1.54) is 0 Å². The average molecular weight is 157 g/mol. The smallest absolute Gasteiger partial charge is 0.333 e. The molecule has 0 amide bonds. The number of allylic oxidation sites excluding steroid dienone is 1. The third-order valence-corrected chi connectivity index (χ3v) is 1.58. The standard InChI is InChI=1S/C8H15NO2/c1-4-6(8(10)11)7(9)5(2)3/h5H,4,9H2,1-3H3,(H,10,11). The first kappa shape index (κ1) is 10.0. The van der Waals surface area contributed by atoms with E-state index < -0.39 is 5.97 Å². The summed E-state index contributed by atoms with van der Waals surface area (Å²) in [5, 5.41) is 8.65. The quantitative estimate of drug-likeness (QED) is 0.608. The Kier molecular flexibility index (Phi) is 3.65. The van der Waals surface area contributed by atoms with Crippen LogP contribution in [-0.2, 0) is 4.79 Å². The molecule has 0 radical (unpaired) electrons. The van der Waals surface area contributed by atoms with Crippen LogP contribution in [0.1, 0.15) is 27.2 Å². The van der Waals surface area contributed by atoms with Crippen molar-refractivity contribution in [2.75, 3.05) is 0 Å². The van der Waals surface area contributed by atoms with Crippen molar-refractivity contribution in [3.63, 3.8) is 0 Å². The Morgan fingerprint density at radius 2 is 2.00 bits per heavy atom. The van der Waals surface area contributed by atoms with Crippen molar-refractivity contribution in [1.29, 1.82) is 0 Å². The van der Waals surface area contributed by atoms with Gasteiger partial charge in [0.15, 0.2) is 0 Å². The Morgan fingerprint density at radius 3 is 2.09 bits per heavy atom. The summed E-state index contributed by atoms with van der Waals surface area (Å²) in [4.78, 5) is 10.5. The fraction of sp³-hybridized carbons (Fsp3) is 0.625. The maximum Gasteiger partial charge on any atom is 0.333 e. The van der Waals surface area contributed by atoms with Crippen molar-refractivity contribution in [1.82, 2.24) is 0 Å². The van der Waals surface area contributed by atoms with Crippen LogP contribution in [0.2, 0.25) is 0 Å². The maximum atomic E-state index is 10.5. The summed E-state index contributed by atoms with van der Waals surface area (Å²) >= 11 is 0. The van der Waals surface area contributed by atoms with Gasteiger partial charge in [-0.3, -0.25) is 0 Å². The molecule has 0 saturated carbocycles. The molecule has 0 aliphatic carbocycles. The van der Waals surface area contributed by atoms with E-state index in [9.17, 15) is 4.79 Å². The summed E-state index contributed by atoms with van der Waals surface area (Å²) in [5.41, 5.74) is 6.39. The van der Waals surface area contributed by atoms with Crippen molar-refractivity contribution in [2.24, 2.45) is 11.7 Å². The van der Waals surface area contributed by atoms with Gasteiger partial charge in [-0.2, -0.15) is 0 Å². The second kappa shape index (κ2) is 4.01. The number of nitrogens with two attached hydrogens (primary N) is 1. The molecule has 0 aromatic carbocycles. The SMILES string of the molecule is CCC(C(=O)O)=C(N)C(C)C. The van der Waals surface area contributed by atoms with E-state index in [4.69, 9.17) is 10.8 Å². The molecule has 0 atom stereocenters. The van der Waals surface area contributed by atoms with E-state index in [2.05, 4.69) is 0 Å². The summed E-state index contributed by atoms with van der Waals surface area (Å²) in [7, 11) is 0. The molecule has 3 nitrogen and oxygen atoms in total. The second-order valence-corrected chi connectivity index (χ2v) is 2.75. The first-order chi connectivity index (χ1) is 5.00. The molecule has 0 spiro atoms. The van der Waals surface area contributed by atoms with Crippen LogP contribution in [0.3, 0.4) is 0 Å². The molecule has 3 N–H and O–H groups in total. The number of aliphatic carboxylic acids is 1. The normalized spacial score (nSPS) is 13.1. The minimum Gasteiger partial charge on any atom is -0.478 e. The van der Waals surface area contributed by atoms with Crippen LogP contribution in [0.15, 0.2) is 11.3 Å². The Balaban J connectivity index is 4.68. The van der Waals surface area contributed by atoms with Crippen LogP contribution >= 0.6 is 0 Å². The first-order valence-electron chi connectivity index (χ1n) is 3.72. The molecule has 0 aromatic rings. The minimum atomic E-state index is -0.904. The Bertz CT molecular complexity index is 183. The number of carboxylic acid groups (broad SMARTS) is 1. The lowest BCUT2D eigenvalue weighted by molar-refractivity contribution is -0.132. The molecule has 0 saturated heterocycles. The van der Waals surface area contributed by atoms with E-state index in [0.717, 1.165) is 0 Å². The highest BCUT2D eigenvalue weighted by Gasteiger charge is 2.11. The number of hydrogen-bond acceptors (Lipinski definition) is 2. The van der Waals surface area contributed by atoms with E-state index in [1.54, 1.807) is 6.92 Å². The van der Waals surface area contributed by atoms with E-state index in [-0.39, 0.29) is 5.92 Å². The van der Waals surface area contributed by atoms with Crippen LogP contribution in [0, 0.1) is 5.92 Å². The first-order valence-corrected chi connectivity index (χ1v) is 3.72. The van der Waals surface area contributed by atoms with Gasteiger partial charge in [0.2, 0.25) is 0 Å². The Labute approximate surface area is 66.9 Å². The molecule has 0 aromatic heterocycles. The molecule has 0 aliphatic heterocycles. The van der Waals surface area contributed by atoms with Crippen molar-refractivity contribution in [2.45, 2.75) is 27.2 Å². The summed E-state index contributed by atoms with van der Waals surface area (Å²) in [6.45, 7) is 5.56. The van der Waals surface area contributed by atoms with Crippen molar-refractivity contribution >= 4 is 5.97 Å². The predicted octanol–water partition coefficient (Wildman–Crippen LogP) is 1.35. The lowest BCUT2D eigenvalue weighted by Crippen LogP contribution is -2.14. The van der Waals surface area contributed by atoms with Crippen molar-refractivity contribution in [3.05, 3.63) is 11.3 Å². The fourth-order valence-corrected chi connectivity index (χ4v) is 0.827. The van der Waals surface area contributed by atoms with Crippen LogP contribution in [-0.4, -0.2) is 11.1 Å². The van der Waals surface area contributed by atoms with Gasteiger partial charge in [0.05, 0.1) is 5.57 Å². The van der Waals surface area contributed by atoms with E-state index in [0.29, 0.717) is 17.7 Å². The molecular formula is C8H15NO2. The maximum absolute atomic E-state index is 10.5. The number of carboxylic acids is 1. The lowest BCUT2D eigenvalue weighted by Gasteiger charge is -2.08. The zero-order valence-corrected chi connectivity index (χ0v) is 7.22. The Morgan fingerprint density at radius 1 is 1.55 bits per heavy atom. The van der Waals surface area contributed by atoms with E-state index in [1.807, 2.05) is 13.8 Å². The van der Waals surface area contributed by atoms with Crippen molar-refractivity contribution in [3.8, 4) is 0 Å². The molecule has 64 valence electrons. The predicted molar refractivity (Wildman–Crippen MR) is 44.0 cm³/mol. The summed E-state index contributed by atoms with van der Waals surface area (Å²) < 4.78 is 0. The van der Waals surface area contributed by atoms with Crippen molar-refractivity contribution < 1.29 is 9.90 Å². The topological polar surface area (TPSA) is 63.3 Å². The largest absolute Gasteiger partial charge is 0.478 e. The van der Waals surface area contributed by atoms with Gasteiger partial charge in [-0.1, -0.05) is 20.8 Å². The average Bonchev–Trinajstić information content (AvgIpc) is 1.88. The molecule has 0 aliphatic rings. The molecule has 0 rings (SSSR count). The van der Waals surface area contributed by atoms with Crippen LogP contribution in [0.25, 0.3) is 0 Å². The van der Waals surface area contributed by atoms with Gasteiger partial charge >= 0.3 is 5.97 Å². The molecule has 0 heterocycles. The summed E-state index contributed by atoms with van der Waals surface area (Å²) in [6, 6.07) is 0. The van der Waals surface area contributed by atoms with Gasteiger partial charge in [0.25, 0.3) is 0 Å². The van der Waals surface area contributed by atoms with Crippen LogP contribution in [0.5, 0.6) is 0 Å². The number of carbonyl (C=O) groups is 1. The van der Waals surface area contributed by atoms with Gasteiger partial charge in [-0.15, -0.1) is 0 Å². The molecule has 0 bridgehead atoms. The molecule has 0 fully saturated rings. The van der Waals surface area contributed by atoms with Crippen LogP contribution < -0.4 is 5.73 Å². The zero-order valence-electron chi connectivity index (χ0n) is 7.22. The summed E-state index contributed by atoms with van der Waals surface area (Å²) in [5.74, 6) is -0.792. The highest BCUT2D eigenvalue weighted by molar-refractivity contribution is 5.87. The molecule has 3 heteroatoms. The van der Waals surface area contributed by atoms with Crippen LogP contribution in [0.4, 0.5) is 0 Å². The minimum absolute atomic E-state index is 0.112. The molecule has 0 unspecified atom stereocenters.